The predicted molar refractivity (Wildman–Crippen MR) is 74.2 cm³/mol. The molecule has 0 atom stereocenters. The summed E-state index contributed by atoms with van der Waals surface area (Å²) in [5.74, 6) is -0.274. The second-order valence-corrected chi connectivity index (χ2v) is 4.18. The number of rotatable bonds is 5. The van der Waals surface area contributed by atoms with E-state index in [1.165, 1.54) is 6.08 Å². The van der Waals surface area contributed by atoms with Crippen LogP contribution in [0.1, 0.15) is 17.0 Å². The molecule has 1 aromatic heterocycles. The molecule has 0 aliphatic heterocycles. The first kappa shape index (κ1) is 13.7. The number of aryl methyl sites for hydroxylation is 1. The minimum Gasteiger partial charge on any atom is -0.487 e. The smallest absolute Gasteiger partial charge is 0.328 e. The lowest BCUT2D eigenvalue weighted by Gasteiger charge is -2.06. The number of aliphatic carboxylic acids is 1. The largest absolute Gasteiger partial charge is 0.487 e. The highest BCUT2D eigenvalue weighted by Gasteiger charge is 1.98. The number of carbonyl (C=O) groups is 1. The third kappa shape index (κ3) is 4.20. The Kier molecular flexibility index (Phi) is 4.44. The van der Waals surface area contributed by atoms with Gasteiger partial charge in [-0.3, -0.25) is 9.97 Å². The van der Waals surface area contributed by atoms with Gasteiger partial charge >= 0.3 is 5.97 Å². The van der Waals surface area contributed by atoms with Crippen molar-refractivity contribution in [1.82, 2.24) is 9.97 Å². The Labute approximate surface area is 116 Å². The maximum Gasteiger partial charge on any atom is 0.328 e. The maximum atomic E-state index is 10.4. The fourth-order valence-corrected chi connectivity index (χ4v) is 1.58. The van der Waals surface area contributed by atoms with Crippen molar-refractivity contribution in [2.75, 3.05) is 0 Å². The summed E-state index contributed by atoms with van der Waals surface area (Å²) in [5, 5.41) is 8.54. The highest BCUT2D eigenvalue weighted by atomic mass is 16.5. The molecular formula is C15H14N2O3. The summed E-state index contributed by atoms with van der Waals surface area (Å²) in [4.78, 5) is 18.7. The first-order valence-corrected chi connectivity index (χ1v) is 6.05. The number of hydrogen-bond acceptors (Lipinski definition) is 4. The van der Waals surface area contributed by atoms with Crippen LogP contribution in [-0.2, 0) is 11.4 Å². The van der Waals surface area contributed by atoms with Gasteiger partial charge in [-0.15, -0.1) is 0 Å². The van der Waals surface area contributed by atoms with Crippen LogP contribution in [0.25, 0.3) is 6.08 Å². The standard InChI is InChI=1S/C15H14N2O3/c1-11-8-16-9-13(17-11)10-20-14-5-2-12(3-6-14)4-7-15(18)19/h2-9H,10H2,1H3,(H,18,19)/b7-4+. The molecule has 102 valence electrons. The highest BCUT2D eigenvalue weighted by molar-refractivity contribution is 5.85. The van der Waals surface area contributed by atoms with E-state index in [0.29, 0.717) is 12.4 Å². The van der Waals surface area contributed by atoms with E-state index in [1.807, 2.05) is 6.92 Å². The van der Waals surface area contributed by atoms with E-state index in [2.05, 4.69) is 9.97 Å². The van der Waals surface area contributed by atoms with Crippen LogP contribution in [0.4, 0.5) is 0 Å². The molecule has 1 N–H and O–H groups in total. The van der Waals surface area contributed by atoms with Crippen LogP contribution in [0.3, 0.4) is 0 Å². The van der Waals surface area contributed by atoms with Crippen molar-refractivity contribution in [1.29, 1.82) is 0 Å². The molecule has 0 aliphatic carbocycles. The fourth-order valence-electron chi connectivity index (χ4n) is 1.58. The van der Waals surface area contributed by atoms with Crippen molar-refractivity contribution in [3.63, 3.8) is 0 Å². The Hall–Kier alpha value is -2.69. The lowest BCUT2D eigenvalue weighted by atomic mass is 10.2. The summed E-state index contributed by atoms with van der Waals surface area (Å²) in [6.45, 7) is 2.22. The molecule has 2 rings (SSSR count). The van der Waals surface area contributed by atoms with E-state index in [9.17, 15) is 4.79 Å². The van der Waals surface area contributed by atoms with Gasteiger partial charge in [0.15, 0.2) is 0 Å². The summed E-state index contributed by atoms with van der Waals surface area (Å²) in [6, 6.07) is 7.14. The monoisotopic (exact) mass is 270 g/mol. The van der Waals surface area contributed by atoms with E-state index in [4.69, 9.17) is 9.84 Å². The molecule has 0 aliphatic rings. The van der Waals surface area contributed by atoms with E-state index < -0.39 is 5.97 Å². The molecule has 1 aromatic carbocycles. The van der Waals surface area contributed by atoms with Gasteiger partial charge in [-0.05, 0) is 30.7 Å². The van der Waals surface area contributed by atoms with Gasteiger partial charge in [0, 0.05) is 12.3 Å². The van der Waals surface area contributed by atoms with Gasteiger partial charge in [0.2, 0.25) is 0 Å². The number of nitrogens with zero attached hydrogens (tertiary/aromatic N) is 2. The Balaban J connectivity index is 1.95. The first-order chi connectivity index (χ1) is 9.63. The van der Waals surface area contributed by atoms with E-state index >= 15 is 0 Å². The molecule has 0 bridgehead atoms. The first-order valence-electron chi connectivity index (χ1n) is 6.05. The van der Waals surface area contributed by atoms with Crippen molar-refractivity contribution in [2.24, 2.45) is 0 Å². The number of carboxylic acid groups (broad SMARTS) is 1. The average Bonchev–Trinajstić information content (AvgIpc) is 2.44. The molecule has 2 aromatic rings. The third-order valence-electron chi connectivity index (χ3n) is 2.49. The van der Waals surface area contributed by atoms with Crippen LogP contribution in [-0.4, -0.2) is 21.0 Å². The Morgan fingerprint density at radius 1 is 1.30 bits per heavy atom. The molecule has 0 saturated carbocycles. The quantitative estimate of drug-likeness (QED) is 0.845. The molecule has 0 saturated heterocycles. The van der Waals surface area contributed by atoms with Crippen molar-refractivity contribution >= 4 is 12.0 Å². The summed E-state index contributed by atoms with van der Waals surface area (Å²) in [5.41, 5.74) is 2.41. The van der Waals surface area contributed by atoms with Crippen molar-refractivity contribution < 1.29 is 14.6 Å². The molecule has 1 heterocycles. The number of hydrogen-bond donors (Lipinski definition) is 1. The predicted octanol–water partition coefficient (Wildman–Crippen LogP) is 2.46. The minimum atomic E-state index is -0.969. The number of carboxylic acids is 1. The Morgan fingerprint density at radius 3 is 2.70 bits per heavy atom. The minimum absolute atomic E-state index is 0.346. The molecule has 0 radical (unpaired) electrons. The second kappa shape index (κ2) is 6.47. The SMILES string of the molecule is Cc1cncc(COc2ccc(/C=C/C(=O)O)cc2)n1. The van der Waals surface area contributed by atoms with E-state index in [0.717, 1.165) is 23.0 Å². The molecule has 5 heteroatoms. The summed E-state index contributed by atoms with van der Waals surface area (Å²) in [6.07, 6.45) is 5.97. The summed E-state index contributed by atoms with van der Waals surface area (Å²) < 4.78 is 5.58. The fraction of sp³-hybridized carbons (Fsp3) is 0.133. The van der Waals surface area contributed by atoms with Gasteiger partial charge in [0.25, 0.3) is 0 Å². The maximum absolute atomic E-state index is 10.4. The number of benzene rings is 1. The lowest BCUT2D eigenvalue weighted by molar-refractivity contribution is -0.131. The van der Waals surface area contributed by atoms with Gasteiger partial charge in [0.05, 0.1) is 17.6 Å². The summed E-state index contributed by atoms with van der Waals surface area (Å²) >= 11 is 0. The van der Waals surface area contributed by atoms with Crippen LogP contribution in [0.5, 0.6) is 5.75 Å². The summed E-state index contributed by atoms with van der Waals surface area (Å²) in [7, 11) is 0. The van der Waals surface area contributed by atoms with Crippen molar-refractivity contribution in [3.8, 4) is 5.75 Å². The van der Waals surface area contributed by atoms with Gasteiger partial charge in [0.1, 0.15) is 12.4 Å². The second-order valence-electron chi connectivity index (χ2n) is 4.18. The number of aromatic nitrogens is 2. The normalized spacial score (nSPS) is 10.7. The molecule has 0 unspecified atom stereocenters. The van der Waals surface area contributed by atoms with Crippen LogP contribution in [0, 0.1) is 6.92 Å². The topological polar surface area (TPSA) is 72.3 Å². The zero-order valence-corrected chi connectivity index (χ0v) is 11.0. The Bertz CT molecular complexity index is 621. The molecule has 0 spiro atoms. The molecule has 0 fully saturated rings. The molecule has 20 heavy (non-hydrogen) atoms. The van der Waals surface area contributed by atoms with Crippen molar-refractivity contribution in [2.45, 2.75) is 13.5 Å². The Morgan fingerprint density at radius 2 is 2.05 bits per heavy atom. The van der Waals surface area contributed by atoms with Crippen LogP contribution >= 0.6 is 0 Å². The van der Waals surface area contributed by atoms with Gasteiger partial charge in [-0.25, -0.2) is 4.79 Å². The third-order valence-corrected chi connectivity index (χ3v) is 2.49. The highest BCUT2D eigenvalue weighted by Crippen LogP contribution is 2.14. The van der Waals surface area contributed by atoms with Crippen LogP contribution in [0.15, 0.2) is 42.7 Å². The lowest BCUT2D eigenvalue weighted by Crippen LogP contribution is -2.00. The van der Waals surface area contributed by atoms with Gasteiger partial charge in [-0.2, -0.15) is 0 Å². The van der Waals surface area contributed by atoms with Gasteiger partial charge in [-0.1, -0.05) is 12.1 Å². The zero-order chi connectivity index (χ0) is 14.4. The molecule has 0 amide bonds. The van der Waals surface area contributed by atoms with E-state index in [1.54, 1.807) is 36.7 Å². The van der Waals surface area contributed by atoms with Crippen LogP contribution < -0.4 is 4.74 Å². The zero-order valence-electron chi connectivity index (χ0n) is 11.0. The van der Waals surface area contributed by atoms with E-state index in [-0.39, 0.29) is 0 Å². The van der Waals surface area contributed by atoms with Crippen molar-refractivity contribution in [3.05, 3.63) is 59.7 Å². The van der Waals surface area contributed by atoms with Crippen LogP contribution in [0.2, 0.25) is 0 Å². The number of ether oxygens (including phenoxy) is 1. The molecule has 5 nitrogen and oxygen atoms in total. The van der Waals surface area contributed by atoms with Gasteiger partial charge < -0.3 is 9.84 Å². The molecular weight excluding hydrogens is 256 g/mol. The average molecular weight is 270 g/mol.